The van der Waals surface area contributed by atoms with Crippen molar-refractivity contribution in [3.63, 3.8) is 0 Å². The molecule has 1 aromatic heterocycles. The number of carbonyl (C=O) groups is 2. The van der Waals surface area contributed by atoms with Gasteiger partial charge in [0, 0.05) is 24.3 Å². The lowest BCUT2D eigenvalue weighted by atomic mass is 9.86. The topological polar surface area (TPSA) is 96.3 Å². The summed E-state index contributed by atoms with van der Waals surface area (Å²) in [5, 5.41) is 17.5. The van der Waals surface area contributed by atoms with E-state index in [9.17, 15) is 22.8 Å². The molecule has 7 nitrogen and oxygen atoms in total. The number of rotatable bonds is 4. The third kappa shape index (κ3) is 4.47. The Morgan fingerprint density at radius 2 is 1.81 bits per heavy atom. The third-order valence-electron chi connectivity index (χ3n) is 4.87. The number of urea groups is 1. The molecule has 1 atom stereocenters. The second kappa shape index (κ2) is 7.55. The van der Waals surface area contributed by atoms with Crippen LogP contribution in [0.2, 0.25) is 0 Å². The minimum Gasteiger partial charge on any atom is -0.481 e. The van der Waals surface area contributed by atoms with Crippen molar-refractivity contribution in [3.8, 4) is 0 Å². The van der Waals surface area contributed by atoms with Gasteiger partial charge in [0.15, 0.2) is 6.04 Å². The molecule has 0 aliphatic heterocycles. The van der Waals surface area contributed by atoms with E-state index in [2.05, 4.69) is 10.4 Å². The van der Waals surface area contributed by atoms with Crippen LogP contribution in [0.4, 0.5) is 18.0 Å². The average Bonchev–Trinajstić information content (AvgIpc) is 2.77. The number of aliphatic carboxylic acids is 1. The molecule has 0 spiro atoms. The highest BCUT2D eigenvalue weighted by molar-refractivity contribution is 5.75. The van der Waals surface area contributed by atoms with Crippen molar-refractivity contribution in [2.24, 2.45) is 13.0 Å². The third-order valence-corrected chi connectivity index (χ3v) is 4.87. The minimum absolute atomic E-state index is 0.0651. The summed E-state index contributed by atoms with van der Waals surface area (Å²) < 4.78 is 41.9. The van der Waals surface area contributed by atoms with Crippen LogP contribution < -0.4 is 10.6 Å². The number of alkyl halides is 3. The Morgan fingerprint density at radius 1 is 1.23 bits per heavy atom. The molecule has 2 amide bonds. The maximum Gasteiger partial charge on any atom is 0.413 e. The van der Waals surface area contributed by atoms with Crippen LogP contribution in [0.15, 0.2) is 0 Å². The lowest BCUT2D eigenvalue weighted by Crippen LogP contribution is -2.48. The van der Waals surface area contributed by atoms with Gasteiger partial charge in [-0.25, -0.2) is 4.79 Å². The van der Waals surface area contributed by atoms with Crippen molar-refractivity contribution in [2.45, 2.75) is 57.8 Å². The molecule has 1 heterocycles. The molecule has 0 saturated heterocycles. The molecule has 26 heavy (non-hydrogen) atoms. The van der Waals surface area contributed by atoms with Gasteiger partial charge < -0.3 is 15.7 Å². The molecule has 2 rings (SSSR count). The zero-order valence-electron chi connectivity index (χ0n) is 14.9. The standard InChI is InChI=1S/C16H23F3N4O3/c1-8-12(9(2)23(3)22-8)13(16(17,18)19)21-15(26)20-11-6-4-10(5-7-11)14(24)25/h10-11,13H,4-7H2,1-3H3,(H,24,25)(H2,20,21,26). The van der Waals surface area contributed by atoms with Crippen molar-refractivity contribution >= 4 is 12.0 Å². The Balaban J connectivity index is 2.05. The number of carboxylic acids is 1. The van der Waals surface area contributed by atoms with Gasteiger partial charge in [-0.2, -0.15) is 18.3 Å². The normalized spacial score (nSPS) is 21.9. The Bertz CT molecular complexity index is 679. The van der Waals surface area contributed by atoms with Crippen molar-refractivity contribution in [1.29, 1.82) is 0 Å². The molecule has 1 aliphatic carbocycles. The van der Waals surface area contributed by atoms with Crippen LogP contribution in [0.25, 0.3) is 0 Å². The van der Waals surface area contributed by atoms with Gasteiger partial charge in [0.1, 0.15) is 0 Å². The van der Waals surface area contributed by atoms with E-state index < -0.39 is 30.1 Å². The molecule has 1 aromatic rings. The van der Waals surface area contributed by atoms with Gasteiger partial charge in [-0.05, 0) is 39.5 Å². The number of nitrogens with one attached hydrogen (secondary N) is 2. The number of amides is 2. The van der Waals surface area contributed by atoms with Gasteiger partial charge in [-0.15, -0.1) is 0 Å². The number of carbonyl (C=O) groups excluding carboxylic acids is 1. The summed E-state index contributed by atoms with van der Waals surface area (Å²) in [5.74, 6) is -1.34. The van der Waals surface area contributed by atoms with Gasteiger partial charge in [0.2, 0.25) is 0 Å². The second-order valence-corrected chi connectivity index (χ2v) is 6.69. The van der Waals surface area contributed by atoms with Crippen LogP contribution in [0.3, 0.4) is 0 Å². The van der Waals surface area contributed by atoms with E-state index in [0.717, 1.165) is 0 Å². The van der Waals surface area contributed by atoms with Crippen LogP contribution in [0.5, 0.6) is 0 Å². The molecular weight excluding hydrogens is 353 g/mol. The van der Waals surface area contributed by atoms with Crippen LogP contribution in [-0.2, 0) is 11.8 Å². The fourth-order valence-electron chi connectivity index (χ4n) is 3.37. The molecular formula is C16H23F3N4O3. The smallest absolute Gasteiger partial charge is 0.413 e. The first-order valence-corrected chi connectivity index (χ1v) is 8.37. The van der Waals surface area contributed by atoms with Gasteiger partial charge in [-0.1, -0.05) is 0 Å². The molecule has 3 N–H and O–H groups in total. The maximum atomic E-state index is 13.5. The van der Waals surface area contributed by atoms with Crippen LogP contribution >= 0.6 is 0 Å². The number of aryl methyl sites for hydroxylation is 2. The minimum atomic E-state index is -4.67. The number of hydrogen-bond acceptors (Lipinski definition) is 3. The first-order chi connectivity index (χ1) is 12.0. The van der Waals surface area contributed by atoms with Gasteiger partial charge in [0.05, 0.1) is 11.6 Å². The summed E-state index contributed by atoms with van der Waals surface area (Å²) in [5.41, 5.74) is 0.464. The average molecular weight is 376 g/mol. The molecule has 1 aliphatic rings. The van der Waals surface area contributed by atoms with E-state index in [4.69, 9.17) is 5.11 Å². The lowest BCUT2D eigenvalue weighted by molar-refractivity contribution is -0.155. The summed E-state index contributed by atoms with van der Waals surface area (Å²) in [6.07, 6.45) is -3.04. The first kappa shape index (κ1) is 20.1. The van der Waals surface area contributed by atoms with E-state index in [1.54, 1.807) is 7.05 Å². The van der Waals surface area contributed by atoms with Crippen molar-refractivity contribution < 1.29 is 27.9 Å². The summed E-state index contributed by atoms with van der Waals surface area (Å²) in [7, 11) is 1.54. The number of carboxylic acid groups (broad SMARTS) is 1. The quantitative estimate of drug-likeness (QED) is 0.753. The highest BCUT2D eigenvalue weighted by Gasteiger charge is 2.44. The molecule has 0 bridgehead atoms. The fraction of sp³-hybridized carbons (Fsp3) is 0.688. The van der Waals surface area contributed by atoms with E-state index in [-0.39, 0.29) is 17.3 Å². The largest absolute Gasteiger partial charge is 0.481 e. The van der Waals surface area contributed by atoms with Gasteiger partial charge in [0.25, 0.3) is 0 Å². The Labute approximate surface area is 148 Å². The molecule has 1 fully saturated rings. The number of hydrogen-bond donors (Lipinski definition) is 3. The van der Waals surface area contributed by atoms with E-state index in [0.29, 0.717) is 31.4 Å². The molecule has 146 valence electrons. The van der Waals surface area contributed by atoms with Crippen LogP contribution in [-0.4, -0.2) is 39.1 Å². The number of halogens is 3. The van der Waals surface area contributed by atoms with Crippen molar-refractivity contribution in [2.75, 3.05) is 0 Å². The predicted molar refractivity (Wildman–Crippen MR) is 86.5 cm³/mol. The fourth-order valence-corrected chi connectivity index (χ4v) is 3.37. The van der Waals surface area contributed by atoms with E-state index >= 15 is 0 Å². The molecule has 0 radical (unpaired) electrons. The number of aromatic nitrogens is 2. The summed E-state index contributed by atoms with van der Waals surface area (Å²) in [6, 6.07) is -3.42. The van der Waals surface area contributed by atoms with E-state index in [1.807, 2.05) is 5.32 Å². The Hall–Kier alpha value is -2.26. The predicted octanol–water partition coefficient (Wildman–Crippen LogP) is 2.58. The zero-order valence-corrected chi connectivity index (χ0v) is 14.9. The Morgan fingerprint density at radius 3 is 2.23 bits per heavy atom. The zero-order chi connectivity index (χ0) is 19.6. The molecule has 10 heteroatoms. The summed E-state index contributed by atoms with van der Waals surface area (Å²) in [4.78, 5) is 23.0. The van der Waals surface area contributed by atoms with Crippen LogP contribution in [0.1, 0.15) is 48.7 Å². The maximum absolute atomic E-state index is 13.5. The molecule has 1 saturated carbocycles. The highest BCUT2D eigenvalue weighted by Crippen LogP contribution is 2.35. The summed E-state index contributed by atoms with van der Waals surface area (Å²) >= 11 is 0. The van der Waals surface area contributed by atoms with Gasteiger partial charge in [-0.3, -0.25) is 9.48 Å². The first-order valence-electron chi connectivity index (χ1n) is 8.37. The van der Waals surface area contributed by atoms with Crippen LogP contribution in [0, 0.1) is 19.8 Å². The Kier molecular flexibility index (Phi) is 5.82. The van der Waals surface area contributed by atoms with Crippen molar-refractivity contribution in [1.82, 2.24) is 20.4 Å². The monoisotopic (exact) mass is 376 g/mol. The lowest BCUT2D eigenvalue weighted by Gasteiger charge is -2.28. The second-order valence-electron chi connectivity index (χ2n) is 6.69. The van der Waals surface area contributed by atoms with E-state index in [1.165, 1.54) is 18.5 Å². The molecule has 0 aromatic carbocycles. The highest BCUT2D eigenvalue weighted by atomic mass is 19.4. The SMILES string of the molecule is Cc1nn(C)c(C)c1C(NC(=O)NC1CCC(C(=O)O)CC1)C(F)(F)F. The van der Waals surface area contributed by atoms with Crippen molar-refractivity contribution in [3.05, 3.63) is 17.0 Å². The summed E-state index contributed by atoms with van der Waals surface area (Å²) in [6.45, 7) is 2.98. The number of nitrogens with zero attached hydrogens (tertiary/aromatic N) is 2. The molecule has 1 unspecified atom stereocenters. The van der Waals surface area contributed by atoms with Gasteiger partial charge >= 0.3 is 18.2 Å².